The summed E-state index contributed by atoms with van der Waals surface area (Å²) in [6.45, 7) is 2.89. The Morgan fingerprint density at radius 1 is 1.50 bits per heavy atom. The highest BCUT2D eigenvalue weighted by Crippen LogP contribution is 2.20. The fourth-order valence-corrected chi connectivity index (χ4v) is 2.27. The molecule has 90 valence electrons. The van der Waals surface area contributed by atoms with Crippen molar-refractivity contribution in [1.82, 2.24) is 15.3 Å². The third-order valence-electron chi connectivity index (χ3n) is 3.14. The summed E-state index contributed by atoms with van der Waals surface area (Å²) >= 11 is 0. The highest BCUT2D eigenvalue weighted by atomic mass is 16.7. The molecule has 0 amide bonds. The highest BCUT2D eigenvalue weighted by Gasteiger charge is 2.15. The number of hydrogen-bond acceptors (Lipinski definition) is 3. The first-order chi connectivity index (χ1) is 7.79. The minimum Gasteiger partial charge on any atom is -0.298 e. The molecule has 1 aliphatic rings. The molecule has 0 spiro atoms. The molecule has 0 atom stereocenters. The van der Waals surface area contributed by atoms with E-state index in [1.807, 2.05) is 11.7 Å². The van der Waals surface area contributed by atoms with Crippen molar-refractivity contribution in [3.05, 3.63) is 17.5 Å². The molecule has 1 N–H and O–H groups in total. The van der Waals surface area contributed by atoms with Crippen LogP contribution in [-0.4, -0.2) is 15.9 Å². The van der Waals surface area contributed by atoms with Crippen LogP contribution in [0.1, 0.15) is 43.9 Å². The number of hydrogen-bond donors (Lipinski definition) is 1. The van der Waals surface area contributed by atoms with Gasteiger partial charge in [-0.25, -0.2) is 0 Å². The summed E-state index contributed by atoms with van der Waals surface area (Å²) in [4.78, 5) is 5.63. The molecule has 0 unspecified atom stereocenters. The summed E-state index contributed by atoms with van der Waals surface area (Å²) in [7, 11) is 1.96. The quantitative estimate of drug-likeness (QED) is 0.775. The Morgan fingerprint density at radius 2 is 2.25 bits per heavy atom. The lowest BCUT2D eigenvalue weighted by Crippen LogP contribution is -2.21. The van der Waals surface area contributed by atoms with Crippen molar-refractivity contribution in [3.8, 4) is 0 Å². The molecule has 2 rings (SSSR count). The summed E-state index contributed by atoms with van der Waals surface area (Å²) in [5, 5.41) is 4.40. The molecule has 1 aromatic heterocycles. The van der Waals surface area contributed by atoms with Crippen molar-refractivity contribution in [3.63, 3.8) is 0 Å². The van der Waals surface area contributed by atoms with Crippen LogP contribution in [0.15, 0.2) is 6.20 Å². The van der Waals surface area contributed by atoms with E-state index in [1.54, 1.807) is 0 Å². The fraction of sp³-hybridized carbons (Fsp3) is 0.750. The van der Waals surface area contributed by atoms with Gasteiger partial charge in [-0.15, -0.1) is 0 Å². The Hall–Kier alpha value is -0.870. The summed E-state index contributed by atoms with van der Waals surface area (Å²) in [5.74, 6) is 0. The number of rotatable bonds is 5. The number of hydroxylamine groups is 1. The summed E-state index contributed by atoms with van der Waals surface area (Å²) < 4.78 is 1.87. The maximum Gasteiger partial charge on any atom is 0.0790 e. The molecule has 16 heavy (non-hydrogen) atoms. The van der Waals surface area contributed by atoms with Gasteiger partial charge in [0, 0.05) is 25.4 Å². The first-order valence-corrected chi connectivity index (χ1v) is 6.19. The molecule has 0 saturated heterocycles. The van der Waals surface area contributed by atoms with Gasteiger partial charge in [-0.1, -0.05) is 19.8 Å². The van der Waals surface area contributed by atoms with Gasteiger partial charge in [-0.3, -0.25) is 9.52 Å². The van der Waals surface area contributed by atoms with E-state index in [0.29, 0.717) is 6.10 Å². The molecule has 4 nitrogen and oxygen atoms in total. The molecule has 0 bridgehead atoms. The van der Waals surface area contributed by atoms with Crippen LogP contribution in [0.3, 0.4) is 0 Å². The second-order valence-corrected chi connectivity index (χ2v) is 4.47. The topological polar surface area (TPSA) is 39.1 Å². The van der Waals surface area contributed by atoms with Crippen molar-refractivity contribution in [2.45, 2.75) is 51.7 Å². The van der Waals surface area contributed by atoms with E-state index in [1.165, 1.54) is 31.2 Å². The Bertz CT molecular complexity index is 329. The molecule has 4 heteroatoms. The number of nitrogens with one attached hydrogen (secondary N) is 1. The van der Waals surface area contributed by atoms with Gasteiger partial charge in [0.25, 0.3) is 0 Å². The van der Waals surface area contributed by atoms with Gasteiger partial charge < -0.3 is 0 Å². The zero-order valence-corrected chi connectivity index (χ0v) is 10.2. The van der Waals surface area contributed by atoms with Crippen LogP contribution >= 0.6 is 0 Å². The van der Waals surface area contributed by atoms with Gasteiger partial charge in [0.15, 0.2) is 0 Å². The first kappa shape index (κ1) is 11.6. The number of aryl methyl sites for hydroxylation is 2. The van der Waals surface area contributed by atoms with Crippen molar-refractivity contribution in [2.24, 2.45) is 7.05 Å². The molecule has 1 aromatic rings. The Kier molecular flexibility index (Phi) is 3.96. The van der Waals surface area contributed by atoms with Gasteiger partial charge in [0.05, 0.1) is 11.8 Å². The standard InChI is InChI=1S/C12H21N3O/c1-3-12-10(9-15(2)14-12)8-13-16-11-6-4-5-7-11/h9,11,13H,3-8H2,1-2H3. The fourth-order valence-electron chi connectivity index (χ4n) is 2.27. The lowest BCUT2D eigenvalue weighted by atomic mass is 10.2. The molecule has 1 fully saturated rings. The molecule has 1 aliphatic carbocycles. The SMILES string of the molecule is CCc1nn(C)cc1CNOC1CCCC1. The zero-order chi connectivity index (χ0) is 11.4. The lowest BCUT2D eigenvalue weighted by molar-refractivity contribution is -0.0245. The van der Waals surface area contributed by atoms with Crippen LogP contribution in [0.4, 0.5) is 0 Å². The maximum absolute atomic E-state index is 5.63. The summed E-state index contributed by atoms with van der Waals surface area (Å²) in [6.07, 6.45) is 8.45. The van der Waals surface area contributed by atoms with Gasteiger partial charge in [0.1, 0.15) is 0 Å². The normalized spacial score (nSPS) is 17.1. The monoisotopic (exact) mass is 223 g/mol. The van der Waals surface area contributed by atoms with E-state index in [-0.39, 0.29) is 0 Å². The van der Waals surface area contributed by atoms with Crippen molar-refractivity contribution in [2.75, 3.05) is 0 Å². The van der Waals surface area contributed by atoms with Crippen molar-refractivity contribution >= 4 is 0 Å². The lowest BCUT2D eigenvalue weighted by Gasteiger charge is -2.11. The molecule has 0 radical (unpaired) electrons. The third kappa shape index (κ3) is 2.83. The largest absolute Gasteiger partial charge is 0.298 e. The minimum absolute atomic E-state index is 0.418. The summed E-state index contributed by atoms with van der Waals surface area (Å²) in [5.41, 5.74) is 5.47. The van der Waals surface area contributed by atoms with Gasteiger partial charge in [-0.05, 0) is 19.3 Å². The average Bonchev–Trinajstić information content (AvgIpc) is 2.88. The van der Waals surface area contributed by atoms with Gasteiger partial charge >= 0.3 is 0 Å². The van der Waals surface area contributed by atoms with Crippen LogP contribution in [0.5, 0.6) is 0 Å². The predicted molar refractivity (Wildman–Crippen MR) is 62.8 cm³/mol. The maximum atomic E-state index is 5.63. The number of aromatic nitrogens is 2. The first-order valence-electron chi connectivity index (χ1n) is 6.19. The second kappa shape index (κ2) is 5.46. The van der Waals surface area contributed by atoms with Crippen molar-refractivity contribution in [1.29, 1.82) is 0 Å². The van der Waals surface area contributed by atoms with E-state index in [4.69, 9.17) is 4.84 Å². The van der Waals surface area contributed by atoms with E-state index in [9.17, 15) is 0 Å². The molecule has 0 aliphatic heterocycles. The third-order valence-corrected chi connectivity index (χ3v) is 3.14. The molecule has 1 saturated carbocycles. The zero-order valence-electron chi connectivity index (χ0n) is 10.2. The number of nitrogens with zero attached hydrogens (tertiary/aromatic N) is 2. The molecular weight excluding hydrogens is 202 g/mol. The van der Waals surface area contributed by atoms with E-state index < -0.39 is 0 Å². The predicted octanol–water partition coefficient (Wildman–Crippen LogP) is 1.95. The van der Waals surface area contributed by atoms with Crippen molar-refractivity contribution < 1.29 is 4.84 Å². The van der Waals surface area contributed by atoms with Gasteiger partial charge in [-0.2, -0.15) is 10.6 Å². The molecule has 1 heterocycles. The second-order valence-electron chi connectivity index (χ2n) is 4.47. The highest BCUT2D eigenvalue weighted by molar-refractivity contribution is 5.16. The van der Waals surface area contributed by atoms with Crippen LogP contribution in [0, 0.1) is 0 Å². The summed E-state index contributed by atoms with van der Waals surface area (Å²) in [6, 6.07) is 0. The van der Waals surface area contributed by atoms with E-state index in [2.05, 4.69) is 23.7 Å². The van der Waals surface area contributed by atoms with Crippen LogP contribution in [0.25, 0.3) is 0 Å². The van der Waals surface area contributed by atoms with Crippen LogP contribution < -0.4 is 5.48 Å². The smallest absolute Gasteiger partial charge is 0.0790 e. The molecular formula is C12H21N3O. The van der Waals surface area contributed by atoms with E-state index in [0.717, 1.165) is 18.7 Å². The Labute approximate surface area is 96.9 Å². The van der Waals surface area contributed by atoms with Crippen LogP contribution in [-0.2, 0) is 24.9 Å². The van der Waals surface area contributed by atoms with Crippen LogP contribution in [0.2, 0.25) is 0 Å². The average molecular weight is 223 g/mol. The van der Waals surface area contributed by atoms with E-state index >= 15 is 0 Å². The molecule has 0 aromatic carbocycles. The Balaban J connectivity index is 1.79. The minimum atomic E-state index is 0.418. The van der Waals surface area contributed by atoms with Gasteiger partial charge in [0.2, 0.25) is 0 Å². The Morgan fingerprint density at radius 3 is 2.94 bits per heavy atom.